The van der Waals surface area contributed by atoms with E-state index in [1.165, 1.54) is 4.57 Å². The Morgan fingerprint density at radius 1 is 1.29 bits per heavy atom. The molecule has 4 nitrogen and oxygen atoms in total. The number of benzene rings is 1. The molecule has 5 heteroatoms. The summed E-state index contributed by atoms with van der Waals surface area (Å²) in [5, 5.41) is 0.874. The van der Waals surface area contributed by atoms with Crippen molar-refractivity contribution >= 4 is 32.7 Å². The molecule has 0 aliphatic carbocycles. The van der Waals surface area contributed by atoms with Gasteiger partial charge in [-0.05, 0) is 46.6 Å². The maximum absolute atomic E-state index is 12.3. The maximum atomic E-state index is 12.3. The molecule has 0 fully saturated rings. The van der Waals surface area contributed by atoms with Crippen molar-refractivity contribution in [2.24, 2.45) is 0 Å². The molecule has 2 aromatic heterocycles. The number of Topliss-reactive ketones (excluding diaryl/α,β-unsaturated/α-hetero) is 1. The lowest BCUT2D eigenvalue weighted by Gasteiger charge is -2.05. The number of ketones is 1. The van der Waals surface area contributed by atoms with Gasteiger partial charge in [-0.2, -0.15) is 0 Å². The molecular weight excluding hydrogens is 334 g/mol. The Labute approximate surface area is 129 Å². The summed E-state index contributed by atoms with van der Waals surface area (Å²) in [6.07, 6.45) is 1.66. The van der Waals surface area contributed by atoms with Crippen molar-refractivity contribution in [1.29, 1.82) is 0 Å². The van der Waals surface area contributed by atoms with E-state index in [4.69, 9.17) is 4.42 Å². The topological polar surface area (TPSA) is 52.2 Å². The lowest BCUT2D eigenvalue weighted by Crippen LogP contribution is -2.24. The highest BCUT2D eigenvalue weighted by Gasteiger charge is 2.14. The second-order valence-electron chi connectivity index (χ2n) is 4.87. The molecular formula is C16H12BrNO3. The molecule has 0 aliphatic rings. The van der Waals surface area contributed by atoms with E-state index in [0.717, 1.165) is 10.9 Å². The second-order valence-corrected chi connectivity index (χ2v) is 5.72. The molecule has 0 aliphatic heterocycles. The van der Waals surface area contributed by atoms with Crippen molar-refractivity contribution in [3.8, 4) is 0 Å². The van der Waals surface area contributed by atoms with Crippen LogP contribution in [-0.2, 0) is 6.54 Å². The molecule has 0 saturated heterocycles. The zero-order valence-corrected chi connectivity index (χ0v) is 12.9. The number of rotatable bonds is 3. The van der Waals surface area contributed by atoms with Gasteiger partial charge in [0.15, 0.2) is 5.76 Å². The van der Waals surface area contributed by atoms with Gasteiger partial charge in [-0.3, -0.25) is 9.59 Å². The fourth-order valence-electron chi connectivity index (χ4n) is 2.21. The van der Waals surface area contributed by atoms with E-state index in [2.05, 4.69) is 15.9 Å². The van der Waals surface area contributed by atoms with E-state index < -0.39 is 0 Å². The van der Waals surface area contributed by atoms with E-state index in [1.54, 1.807) is 18.3 Å². The van der Waals surface area contributed by atoms with E-state index in [-0.39, 0.29) is 23.6 Å². The molecule has 2 heterocycles. The van der Waals surface area contributed by atoms with Crippen LogP contribution >= 0.6 is 15.9 Å². The second kappa shape index (κ2) is 5.33. The lowest BCUT2D eigenvalue weighted by molar-refractivity contribution is 0.0945. The van der Waals surface area contributed by atoms with Gasteiger partial charge in [-0.1, -0.05) is 18.2 Å². The number of hydrogen-bond acceptors (Lipinski definition) is 3. The van der Waals surface area contributed by atoms with Crippen LogP contribution < -0.4 is 5.56 Å². The summed E-state index contributed by atoms with van der Waals surface area (Å²) in [6, 6.07) is 10.8. The summed E-state index contributed by atoms with van der Waals surface area (Å²) in [7, 11) is 0. The first-order chi connectivity index (χ1) is 10.0. The van der Waals surface area contributed by atoms with Crippen molar-refractivity contribution in [2.75, 3.05) is 0 Å². The maximum Gasteiger partial charge on any atom is 0.265 e. The number of hydrogen-bond donors (Lipinski definition) is 0. The predicted molar refractivity (Wildman–Crippen MR) is 83.7 cm³/mol. The number of nitrogens with zero attached hydrogens (tertiary/aromatic N) is 1. The molecule has 0 amide bonds. The Morgan fingerprint density at radius 2 is 2.05 bits per heavy atom. The fraction of sp³-hybridized carbons (Fsp3) is 0.125. The Balaban J connectivity index is 1.95. The third-order valence-corrected chi connectivity index (χ3v) is 3.76. The highest BCUT2D eigenvalue weighted by molar-refractivity contribution is 9.10. The largest absolute Gasteiger partial charge is 0.453 e. The van der Waals surface area contributed by atoms with Gasteiger partial charge in [-0.15, -0.1) is 0 Å². The van der Waals surface area contributed by atoms with Gasteiger partial charge in [-0.25, -0.2) is 0 Å². The minimum absolute atomic E-state index is 0.0427. The van der Waals surface area contributed by atoms with Crippen LogP contribution in [0.2, 0.25) is 0 Å². The standard InChI is InChI=1S/C16H12BrNO3/c1-10-6-12(17)16(20)18(8-10)9-13(19)15-7-11-4-2-3-5-14(11)21-15/h2-8H,9H2,1H3. The zero-order valence-electron chi connectivity index (χ0n) is 11.3. The Morgan fingerprint density at radius 3 is 2.81 bits per heavy atom. The van der Waals surface area contributed by atoms with Gasteiger partial charge in [0.05, 0.1) is 11.0 Å². The number of fused-ring (bicyclic) bond motifs is 1. The van der Waals surface area contributed by atoms with Gasteiger partial charge >= 0.3 is 0 Å². The minimum atomic E-state index is -0.231. The molecule has 3 rings (SSSR count). The third kappa shape index (κ3) is 2.69. The molecule has 0 unspecified atom stereocenters. The van der Waals surface area contributed by atoms with Crippen LogP contribution in [0, 0.1) is 6.92 Å². The summed E-state index contributed by atoms with van der Waals surface area (Å²) < 4.78 is 7.35. The van der Waals surface area contributed by atoms with Gasteiger partial charge in [0.1, 0.15) is 5.58 Å². The number of aromatic nitrogens is 1. The SMILES string of the molecule is Cc1cc(Br)c(=O)n(CC(=O)c2cc3ccccc3o2)c1. The monoisotopic (exact) mass is 345 g/mol. The highest BCUT2D eigenvalue weighted by Crippen LogP contribution is 2.19. The normalized spacial score (nSPS) is 11.0. The highest BCUT2D eigenvalue weighted by atomic mass is 79.9. The average molecular weight is 346 g/mol. The van der Waals surface area contributed by atoms with E-state index >= 15 is 0 Å². The number of aryl methyl sites for hydroxylation is 1. The first kappa shape index (κ1) is 13.8. The number of furan rings is 1. The van der Waals surface area contributed by atoms with Crippen molar-refractivity contribution in [3.05, 3.63) is 68.7 Å². The van der Waals surface area contributed by atoms with Gasteiger partial charge in [0.25, 0.3) is 5.56 Å². The van der Waals surface area contributed by atoms with Crippen LogP contribution in [0.1, 0.15) is 16.1 Å². The van der Waals surface area contributed by atoms with Crippen LogP contribution in [0.5, 0.6) is 0 Å². The number of carbonyl (C=O) groups is 1. The van der Waals surface area contributed by atoms with Crippen LogP contribution in [-0.4, -0.2) is 10.4 Å². The molecule has 0 saturated carbocycles. The summed E-state index contributed by atoms with van der Waals surface area (Å²) in [6.45, 7) is 1.82. The molecule has 0 N–H and O–H groups in total. The van der Waals surface area contributed by atoms with Crippen molar-refractivity contribution in [3.63, 3.8) is 0 Å². The molecule has 0 bridgehead atoms. The average Bonchev–Trinajstić information content (AvgIpc) is 2.88. The Bertz CT molecular complexity index is 859. The summed E-state index contributed by atoms with van der Waals surface area (Å²) in [4.78, 5) is 24.3. The molecule has 3 aromatic rings. The van der Waals surface area contributed by atoms with Gasteiger partial charge < -0.3 is 8.98 Å². The van der Waals surface area contributed by atoms with Crippen LogP contribution in [0.3, 0.4) is 0 Å². The summed E-state index contributed by atoms with van der Waals surface area (Å²) >= 11 is 3.20. The zero-order chi connectivity index (χ0) is 15.0. The predicted octanol–water partition coefficient (Wildman–Crippen LogP) is 3.55. The van der Waals surface area contributed by atoms with Crippen LogP contribution in [0.25, 0.3) is 11.0 Å². The van der Waals surface area contributed by atoms with E-state index in [1.807, 2.05) is 31.2 Å². The van der Waals surface area contributed by atoms with E-state index in [0.29, 0.717) is 10.1 Å². The summed E-state index contributed by atoms with van der Waals surface area (Å²) in [5.74, 6) is 0.0338. The Kier molecular flexibility index (Phi) is 3.51. The number of halogens is 1. The Hall–Kier alpha value is -2.14. The molecule has 0 spiro atoms. The van der Waals surface area contributed by atoms with Crippen LogP contribution in [0.15, 0.2) is 56.3 Å². The van der Waals surface area contributed by atoms with Crippen molar-refractivity contribution < 1.29 is 9.21 Å². The quantitative estimate of drug-likeness (QED) is 0.682. The lowest BCUT2D eigenvalue weighted by atomic mass is 10.2. The third-order valence-electron chi connectivity index (χ3n) is 3.19. The number of pyridine rings is 1. The molecule has 21 heavy (non-hydrogen) atoms. The molecule has 0 radical (unpaired) electrons. The molecule has 1 aromatic carbocycles. The first-order valence-electron chi connectivity index (χ1n) is 6.43. The van der Waals surface area contributed by atoms with Crippen molar-refractivity contribution in [1.82, 2.24) is 4.57 Å². The van der Waals surface area contributed by atoms with Crippen LogP contribution in [0.4, 0.5) is 0 Å². The molecule has 0 atom stereocenters. The number of carbonyl (C=O) groups excluding carboxylic acids is 1. The van der Waals surface area contributed by atoms with E-state index in [9.17, 15) is 9.59 Å². The van der Waals surface area contributed by atoms with Gasteiger partial charge in [0.2, 0.25) is 5.78 Å². The number of para-hydroxylation sites is 1. The van der Waals surface area contributed by atoms with Gasteiger partial charge in [0, 0.05) is 11.6 Å². The van der Waals surface area contributed by atoms with Crippen molar-refractivity contribution in [2.45, 2.75) is 13.5 Å². The fourth-order valence-corrected chi connectivity index (χ4v) is 2.80. The minimum Gasteiger partial charge on any atom is -0.453 e. The smallest absolute Gasteiger partial charge is 0.265 e. The first-order valence-corrected chi connectivity index (χ1v) is 7.22. The summed E-state index contributed by atoms with van der Waals surface area (Å²) in [5.41, 5.74) is 1.34. The molecule has 106 valence electrons.